The third kappa shape index (κ3) is 8.85. The molecule has 0 amide bonds. The van der Waals surface area contributed by atoms with Crippen LogP contribution in [0.2, 0.25) is 0 Å². The molecule has 0 fully saturated rings. The maximum atomic E-state index is 6.00. The quantitative estimate of drug-likeness (QED) is 0.0827. The third-order valence-corrected chi connectivity index (χ3v) is 7.98. The third-order valence-electron chi connectivity index (χ3n) is 7.98. The summed E-state index contributed by atoms with van der Waals surface area (Å²) in [5.41, 5.74) is 18.7. The molecule has 4 N–H and O–H groups in total. The number of nitrogen functional groups attached to an aromatic ring is 2. The lowest BCUT2D eigenvalue weighted by molar-refractivity contribution is 0.405. The molecule has 0 aromatic heterocycles. The van der Waals surface area contributed by atoms with Crippen LogP contribution in [0.1, 0.15) is 11.1 Å². The molecule has 0 bridgehead atoms. The predicted octanol–water partition coefficient (Wildman–Crippen LogP) is 11.2. The summed E-state index contributed by atoms with van der Waals surface area (Å²) in [4.78, 5) is 0. The van der Waals surface area contributed by atoms with E-state index in [0.717, 1.165) is 11.1 Å². The molecule has 5 aromatic rings. The van der Waals surface area contributed by atoms with Crippen molar-refractivity contribution >= 4 is 56.9 Å². The van der Waals surface area contributed by atoms with E-state index in [2.05, 4.69) is 40.9 Å². The summed E-state index contributed by atoms with van der Waals surface area (Å²) in [6.07, 6.45) is 0. The number of methoxy groups -OCH3 is 6. The van der Waals surface area contributed by atoms with Crippen molar-refractivity contribution in [2.45, 2.75) is 13.8 Å². The number of hydrogen-bond donors (Lipinski definition) is 2. The van der Waals surface area contributed by atoms with Crippen LogP contribution in [0.5, 0.6) is 34.5 Å². The van der Waals surface area contributed by atoms with Crippen molar-refractivity contribution in [3.8, 4) is 34.5 Å². The van der Waals surface area contributed by atoms with Crippen LogP contribution < -0.4 is 39.9 Å². The first-order valence-electron chi connectivity index (χ1n) is 16.3. The highest BCUT2D eigenvalue weighted by Crippen LogP contribution is 2.42. The van der Waals surface area contributed by atoms with Gasteiger partial charge in [0.1, 0.15) is 57.2 Å². The Hall–Kier alpha value is -7.10. The largest absolute Gasteiger partial charge is 0.495 e. The second-order valence-electron chi connectivity index (χ2n) is 11.5. The first-order chi connectivity index (χ1) is 26.1. The number of nitrogens with two attached hydrogens (primary N) is 2. The van der Waals surface area contributed by atoms with Crippen molar-refractivity contribution in [3.05, 3.63) is 83.9 Å². The average molecular weight is 733 g/mol. The lowest BCUT2D eigenvalue weighted by Gasteiger charge is -2.10. The van der Waals surface area contributed by atoms with Gasteiger partial charge in [-0.3, -0.25) is 0 Å². The maximum Gasteiger partial charge on any atom is 0.148 e. The van der Waals surface area contributed by atoms with Gasteiger partial charge in [0.05, 0.1) is 76.8 Å². The van der Waals surface area contributed by atoms with Crippen molar-refractivity contribution in [2.75, 3.05) is 54.1 Å². The Morgan fingerprint density at radius 1 is 0.333 bits per heavy atom. The van der Waals surface area contributed by atoms with Crippen molar-refractivity contribution in [1.29, 1.82) is 0 Å². The Bertz CT molecular complexity index is 2260. The van der Waals surface area contributed by atoms with E-state index in [1.807, 2.05) is 19.9 Å². The summed E-state index contributed by atoms with van der Waals surface area (Å²) in [5.74, 6) is 2.76. The van der Waals surface area contributed by atoms with Gasteiger partial charge < -0.3 is 39.9 Å². The second kappa shape index (κ2) is 17.4. The Labute approximate surface area is 312 Å². The smallest absolute Gasteiger partial charge is 0.148 e. The molecule has 0 saturated carbocycles. The van der Waals surface area contributed by atoms with E-state index in [4.69, 9.17) is 39.9 Å². The SMILES string of the molecule is COc1cc(N=Nc2ccc(N=Nc3cc(OC)c(N=Nc4cc(OC)c(N=Nc5cc(OC)c(N)cc5OC)cc4C)cc3C)cc2)c(OC)cc1N. The van der Waals surface area contributed by atoms with Crippen molar-refractivity contribution in [2.24, 2.45) is 40.9 Å². The van der Waals surface area contributed by atoms with E-state index in [1.54, 1.807) is 73.8 Å². The summed E-state index contributed by atoms with van der Waals surface area (Å²) in [7, 11) is 9.19. The molecule has 0 radical (unpaired) electrons. The number of hydrogen-bond acceptors (Lipinski definition) is 16. The van der Waals surface area contributed by atoms with Gasteiger partial charge in [-0.1, -0.05) is 0 Å². The zero-order valence-electron chi connectivity index (χ0n) is 31.1. The Morgan fingerprint density at radius 2 is 0.593 bits per heavy atom. The minimum atomic E-state index is 0.421. The molecule has 0 atom stereocenters. The van der Waals surface area contributed by atoms with E-state index in [-0.39, 0.29) is 0 Å². The van der Waals surface area contributed by atoms with Gasteiger partial charge in [0, 0.05) is 36.4 Å². The first-order valence-corrected chi connectivity index (χ1v) is 16.3. The van der Waals surface area contributed by atoms with Gasteiger partial charge in [-0.2, -0.15) is 20.5 Å². The molecule has 0 spiro atoms. The molecular formula is C38H40N10O6. The average Bonchev–Trinajstić information content (AvgIpc) is 3.19. The fourth-order valence-electron chi connectivity index (χ4n) is 5.01. The number of rotatable bonds is 14. The van der Waals surface area contributed by atoms with Gasteiger partial charge >= 0.3 is 0 Å². The van der Waals surface area contributed by atoms with Gasteiger partial charge in [0.2, 0.25) is 0 Å². The molecule has 0 aliphatic carbocycles. The van der Waals surface area contributed by atoms with Crippen LogP contribution in [0.4, 0.5) is 56.9 Å². The monoisotopic (exact) mass is 732 g/mol. The molecule has 16 nitrogen and oxygen atoms in total. The molecule has 16 heteroatoms. The predicted molar refractivity (Wildman–Crippen MR) is 207 cm³/mol. The molecule has 5 aromatic carbocycles. The van der Waals surface area contributed by atoms with E-state index < -0.39 is 0 Å². The number of nitrogens with zero attached hydrogens (tertiary/aromatic N) is 8. The van der Waals surface area contributed by atoms with E-state index in [1.165, 1.54) is 35.5 Å². The van der Waals surface area contributed by atoms with Crippen molar-refractivity contribution in [1.82, 2.24) is 0 Å². The summed E-state index contributed by atoms with van der Waals surface area (Å²) in [5, 5.41) is 35.2. The highest BCUT2D eigenvalue weighted by Gasteiger charge is 2.13. The number of azo groups is 4. The lowest BCUT2D eigenvalue weighted by atomic mass is 10.1. The summed E-state index contributed by atoms with van der Waals surface area (Å²) in [6.45, 7) is 3.78. The second-order valence-corrected chi connectivity index (χ2v) is 11.5. The number of benzene rings is 5. The Morgan fingerprint density at radius 3 is 0.944 bits per heavy atom. The highest BCUT2D eigenvalue weighted by atomic mass is 16.5. The number of ether oxygens (including phenoxy) is 6. The van der Waals surface area contributed by atoms with Gasteiger partial charge in [0.15, 0.2) is 0 Å². The summed E-state index contributed by atoms with van der Waals surface area (Å²) < 4.78 is 32.6. The zero-order valence-corrected chi connectivity index (χ0v) is 31.1. The molecule has 0 aliphatic heterocycles. The van der Waals surface area contributed by atoms with Crippen LogP contribution in [0.15, 0.2) is 114 Å². The van der Waals surface area contributed by atoms with Crippen LogP contribution in [-0.4, -0.2) is 42.7 Å². The van der Waals surface area contributed by atoms with Gasteiger partial charge in [-0.05, 0) is 61.4 Å². The molecule has 0 heterocycles. The molecule has 278 valence electrons. The zero-order chi connectivity index (χ0) is 38.8. The van der Waals surface area contributed by atoms with Crippen molar-refractivity contribution in [3.63, 3.8) is 0 Å². The number of anilines is 2. The van der Waals surface area contributed by atoms with E-state index in [0.29, 0.717) is 91.4 Å². The minimum Gasteiger partial charge on any atom is -0.495 e. The van der Waals surface area contributed by atoms with Crippen LogP contribution in [0.3, 0.4) is 0 Å². The van der Waals surface area contributed by atoms with Crippen LogP contribution >= 0.6 is 0 Å². The summed E-state index contributed by atoms with van der Waals surface area (Å²) in [6, 6.07) is 20.8. The molecule has 0 aliphatic rings. The van der Waals surface area contributed by atoms with Gasteiger partial charge in [-0.25, -0.2) is 0 Å². The van der Waals surface area contributed by atoms with Crippen LogP contribution in [-0.2, 0) is 0 Å². The first kappa shape index (κ1) is 38.1. The lowest BCUT2D eigenvalue weighted by Crippen LogP contribution is -1.94. The Kier molecular flexibility index (Phi) is 12.3. The molecule has 54 heavy (non-hydrogen) atoms. The van der Waals surface area contributed by atoms with Crippen LogP contribution in [0.25, 0.3) is 0 Å². The van der Waals surface area contributed by atoms with Crippen molar-refractivity contribution < 1.29 is 28.4 Å². The molecule has 0 unspecified atom stereocenters. The fraction of sp³-hybridized carbons (Fsp3) is 0.211. The normalized spacial score (nSPS) is 11.6. The molecule has 5 rings (SSSR count). The highest BCUT2D eigenvalue weighted by molar-refractivity contribution is 5.69. The Balaban J connectivity index is 1.32. The molecule has 0 saturated heterocycles. The topological polar surface area (TPSA) is 206 Å². The van der Waals surface area contributed by atoms with Crippen LogP contribution in [0, 0.1) is 13.8 Å². The molecular weight excluding hydrogens is 692 g/mol. The summed E-state index contributed by atoms with van der Waals surface area (Å²) >= 11 is 0. The van der Waals surface area contributed by atoms with Gasteiger partial charge in [0.25, 0.3) is 0 Å². The standard InChI is InChI=1S/C38H40N10O6/c1-21-13-29(46-44-28-18-38(54-8)30(14-22(28)2)47-48-32-20-34(50-4)26(40)16-36(32)52-6)37(53-7)17-27(21)43-41-23-9-11-24(12-10-23)42-45-31-19-33(49-3)25(39)15-35(31)51-5/h9-20H,39-40H2,1-8H3. The van der Waals surface area contributed by atoms with Gasteiger partial charge in [-0.15, -0.1) is 20.5 Å². The maximum absolute atomic E-state index is 6.00. The van der Waals surface area contributed by atoms with E-state index in [9.17, 15) is 0 Å². The van der Waals surface area contributed by atoms with E-state index >= 15 is 0 Å². The number of aryl methyl sites for hydroxylation is 2. The fourth-order valence-corrected chi connectivity index (χ4v) is 5.01. The minimum absolute atomic E-state index is 0.421.